The van der Waals surface area contributed by atoms with Gasteiger partial charge < -0.3 is 35.6 Å². The summed E-state index contributed by atoms with van der Waals surface area (Å²) in [6.45, 7) is -1.34. The van der Waals surface area contributed by atoms with E-state index in [1.54, 1.807) is 54.6 Å². The average Bonchev–Trinajstić information content (AvgIpc) is 3.12. The maximum atomic E-state index is 13.7. The molecule has 50 heavy (non-hydrogen) atoms. The predicted molar refractivity (Wildman–Crippen MR) is 180 cm³/mol. The molecule has 0 saturated carbocycles. The van der Waals surface area contributed by atoms with Gasteiger partial charge in [0.2, 0.25) is 11.8 Å². The van der Waals surface area contributed by atoms with Gasteiger partial charge >= 0.3 is 5.97 Å². The summed E-state index contributed by atoms with van der Waals surface area (Å²) < 4.78 is 32.7. The number of benzene rings is 4. The first kappa shape index (κ1) is 36.0. The van der Waals surface area contributed by atoms with Gasteiger partial charge in [-0.2, -0.15) is 0 Å². The molecule has 0 aromatic heterocycles. The fraction of sp³-hybridized carbons (Fsp3) is 0.222. The molecule has 11 nitrogen and oxygen atoms in total. The quantitative estimate of drug-likeness (QED) is 0.116. The number of amides is 3. The first-order chi connectivity index (χ1) is 24.0. The molecule has 14 heteroatoms. The first-order valence-corrected chi connectivity index (χ1v) is 16.5. The van der Waals surface area contributed by atoms with Crippen LogP contribution in [-0.4, -0.2) is 69.3 Å². The Hall–Kier alpha value is -5.31. The summed E-state index contributed by atoms with van der Waals surface area (Å²) in [7, 11) is 0. The molecule has 5 rings (SSSR count). The second-order valence-electron chi connectivity index (χ2n) is 11.3. The van der Waals surface area contributed by atoms with E-state index < -0.39 is 72.1 Å². The van der Waals surface area contributed by atoms with Crippen molar-refractivity contribution in [2.45, 2.75) is 29.5 Å². The summed E-state index contributed by atoms with van der Waals surface area (Å²) in [6, 6.07) is 22.4. The van der Waals surface area contributed by atoms with Crippen molar-refractivity contribution in [3.05, 3.63) is 131 Å². The Morgan fingerprint density at radius 1 is 0.840 bits per heavy atom. The normalized spacial score (nSPS) is 17.2. The summed E-state index contributed by atoms with van der Waals surface area (Å²) in [5.74, 6) is -3.63. The number of nitrogens with zero attached hydrogens (tertiary/aromatic N) is 1. The molecule has 4 aromatic carbocycles. The van der Waals surface area contributed by atoms with Crippen LogP contribution in [0.4, 0.5) is 14.5 Å². The van der Waals surface area contributed by atoms with Crippen LogP contribution in [0.5, 0.6) is 5.75 Å². The van der Waals surface area contributed by atoms with E-state index in [1.165, 1.54) is 65.2 Å². The minimum atomic E-state index is -1.57. The van der Waals surface area contributed by atoms with Crippen molar-refractivity contribution < 1.29 is 48.0 Å². The molecule has 1 aliphatic rings. The fourth-order valence-electron chi connectivity index (χ4n) is 5.31. The summed E-state index contributed by atoms with van der Waals surface area (Å²) in [5.41, 5.74) is 2.08. The molecule has 3 amide bonds. The third-order valence-corrected chi connectivity index (χ3v) is 9.25. The Morgan fingerprint density at radius 3 is 2.06 bits per heavy atom. The molecule has 0 aliphatic carbocycles. The largest absolute Gasteiger partial charge is 0.484 e. The van der Waals surface area contributed by atoms with Crippen LogP contribution in [-0.2, 0) is 19.2 Å². The summed E-state index contributed by atoms with van der Waals surface area (Å²) >= 11 is 1.24. The van der Waals surface area contributed by atoms with Crippen LogP contribution in [0.15, 0.2) is 103 Å². The van der Waals surface area contributed by atoms with Crippen molar-refractivity contribution in [3.8, 4) is 5.75 Å². The molecule has 1 unspecified atom stereocenters. The van der Waals surface area contributed by atoms with Gasteiger partial charge in [0.15, 0.2) is 6.61 Å². The van der Waals surface area contributed by atoms with Gasteiger partial charge in [0, 0.05) is 11.4 Å². The third kappa shape index (κ3) is 8.64. The zero-order valence-corrected chi connectivity index (χ0v) is 27.1. The number of aliphatic hydroxyl groups excluding tert-OH is 2. The zero-order valence-electron chi connectivity index (χ0n) is 26.3. The maximum Gasteiger partial charge on any atom is 0.328 e. The van der Waals surface area contributed by atoms with Gasteiger partial charge in [-0.05, 0) is 65.2 Å². The van der Waals surface area contributed by atoms with Gasteiger partial charge in [0.05, 0.1) is 18.8 Å². The molecule has 260 valence electrons. The molecule has 4 aromatic rings. The highest BCUT2D eigenvalue weighted by molar-refractivity contribution is 8.00. The number of carboxylic acids is 1. The topological polar surface area (TPSA) is 165 Å². The molecule has 0 radical (unpaired) electrons. The standard InChI is InChI=1S/C36H33F2N3O8S/c37-24-10-6-21(7-11-24)29(43)20-50-33-32(41(35(33)46)26-14-12-25(38)13-15-26)23-8-16-27(17-9-23)49-19-30(44)40-31(22-4-2-1-3-5-22)34(45)39-28(18-42)36(47)48/h1-17,28-29,31-33,42-43H,18-20H2,(H,39,45)(H,40,44)(H,47,48)/t28-,29?,31+,32+,33+/m0/s1. The highest BCUT2D eigenvalue weighted by Gasteiger charge is 2.49. The van der Waals surface area contributed by atoms with Crippen molar-refractivity contribution >= 4 is 41.1 Å². The minimum absolute atomic E-state index is 0.158. The Bertz CT molecular complexity index is 1800. The number of nitrogens with one attached hydrogen (secondary N) is 2. The van der Waals surface area contributed by atoms with Gasteiger partial charge in [-0.15, -0.1) is 11.8 Å². The molecule has 1 saturated heterocycles. The average molecular weight is 706 g/mol. The number of halogens is 2. The van der Waals surface area contributed by atoms with Gasteiger partial charge in [-0.3, -0.25) is 14.4 Å². The van der Waals surface area contributed by atoms with Crippen molar-refractivity contribution in [2.24, 2.45) is 0 Å². The van der Waals surface area contributed by atoms with Crippen molar-refractivity contribution in [1.82, 2.24) is 10.6 Å². The number of carbonyl (C=O) groups excluding carboxylic acids is 3. The summed E-state index contributed by atoms with van der Waals surface area (Å²) in [5, 5.41) is 33.3. The number of aliphatic hydroxyl groups is 2. The lowest BCUT2D eigenvalue weighted by Gasteiger charge is -2.47. The number of ether oxygens (including phenoxy) is 1. The molecule has 0 bridgehead atoms. The molecule has 1 aliphatic heterocycles. The van der Waals surface area contributed by atoms with E-state index in [4.69, 9.17) is 4.74 Å². The number of hydrogen-bond acceptors (Lipinski definition) is 8. The lowest BCUT2D eigenvalue weighted by Crippen LogP contribution is -2.57. The number of anilines is 1. The van der Waals surface area contributed by atoms with Gasteiger partial charge in [0.1, 0.15) is 34.7 Å². The summed E-state index contributed by atoms with van der Waals surface area (Å²) in [6.07, 6.45) is -0.948. The molecule has 1 heterocycles. The third-order valence-electron chi connectivity index (χ3n) is 7.93. The van der Waals surface area contributed by atoms with E-state index in [1.807, 2.05) is 0 Å². The fourth-order valence-corrected chi connectivity index (χ4v) is 6.61. The van der Waals surface area contributed by atoms with Crippen LogP contribution in [0.1, 0.15) is 34.9 Å². The van der Waals surface area contributed by atoms with Crippen LogP contribution < -0.4 is 20.3 Å². The number of β-lactam (4-membered cyclic amide) rings is 1. The minimum Gasteiger partial charge on any atom is -0.484 e. The number of thioether (sulfide) groups is 1. The molecular weight excluding hydrogens is 672 g/mol. The van der Waals surface area contributed by atoms with Gasteiger partial charge in [0.25, 0.3) is 5.91 Å². The first-order valence-electron chi connectivity index (χ1n) is 15.4. The Kier molecular flexibility index (Phi) is 11.8. The molecule has 5 atom stereocenters. The highest BCUT2D eigenvalue weighted by atomic mass is 32.2. The van der Waals surface area contributed by atoms with Gasteiger partial charge in [-0.25, -0.2) is 13.6 Å². The van der Waals surface area contributed by atoms with Crippen LogP contribution in [0, 0.1) is 11.6 Å². The lowest BCUT2D eigenvalue weighted by molar-refractivity contribution is -0.143. The zero-order chi connectivity index (χ0) is 35.8. The highest BCUT2D eigenvalue weighted by Crippen LogP contribution is 2.46. The van der Waals surface area contributed by atoms with Crippen LogP contribution in [0.25, 0.3) is 0 Å². The molecule has 0 spiro atoms. The van der Waals surface area contributed by atoms with E-state index >= 15 is 0 Å². The van der Waals surface area contributed by atoms with Crippen molar-refractivity contribution in [2.75, 3.05) is 23.9 Å². The van der Waals surface area contributed by atoms with Crippen LogP contribution in [0.2, 0.25) is 0 Å². The number of carboxylic acid groups (broad SMARTS) is 1. The Morgan fingerprint density at radius 2 is 1.46 bits per heavy atom. The summed E-state index contributed by atoms with van der Waals surface area (Å²) in [4.78, 5) is 52.0. The van der Waals surface area contributed by atoms with E-state index in [-0.39, 0.29) is 11.7 Å². The van der Waals surface area contributed by atoms with Crippen LogP contribution >= 0.6 is 11.8 Å². The number of hydrogen-bond donors (Lipinski definition) is 5. The van der Waals surface area contributed by atoms with Crippen molar-refractivity contribution in [3.63, 3.8) is 0 Å². The monoisotopic (exact) mass is 705 g/mol. The van der Waals surface area contributed by atoms with Crippen molar-refractivity contribution in [1.29, 1.82) is 0 Å². The SMILES string of the molecule is O=C(COc1ccc([C@@H]2[C@@H](SCC(O)c3ccc(F)cc3)C(=O)N2c2ccc(F)cc2)cc1)N[C@@H](C(=O)N[C@@H](CO)C(=O)O)c1ccccc1. The smallest absolute Gasteiger partial charge is 0.328 e. The predicted octanol–water partition coefficient (Wildman–Crippen LogP) is 3.69. The number of carbonyl (C=O) groups is 4. The van der Waals surface area contributed by atoms with E-state index in [2.05, 4.69) is 10.6 Å². The lowest BCUT2D eigenvalue weighted by atomic mass is 9.92. The second kappa shape index (κ2) is 16.4. The number of rotatable bonds is 15. The Balaban J connectivity index is 1.26. The second-order valence-corrected chi connectivity index (χ2v) is 12.5. The van der Waals surface area contributed by atoms with E-state index in [9.17, 15) is 43.3 Å². The molecule has 1 fully saturated rings. The number of aliphatic carboxylic acids is 1. The van der Waals surface area contributed by atoms with Crippen LogP contribution in [0.3, 0.4) is 0 Å². The van der Waals surface area contributed by atoms with E-state index in [0.29, 0.717) is 28.1 Å². The maximum absolute atomic E-state index is 13.7. The Labute approximate surface area is 289 Å². The van der Waals surface area contributed by atoms with E-state index in [0.717, 1.165) is 0 Å². The van der Waals surface area contributed by atoms with Gasteiger partial charge in [-0.1, -0.05) is 54.6 Å². The molecule has 5 N–H and O–H groups in total. The molecular formula is C36H33F2N3O8S.